The van der Waals surface area contributed by atoms with Crippen LogP contribution in [-0.2, 0) is 26.2 Å². The van der Waals surface area contributed by atoms with Crippen LogP contribution in [0.15, 0.2) is 65.8 Å². The molecule has 3 aromatic heterocycles. The minimum Gasteiger partial charge on any atom is -0.480 e. The van der Waals surface area contributed by atoms with Gasteiger partial charge in [0.2, 0.25) is 12.7 Å². The van der Waals surface area contributed by atoms with Gasteiger partial charge in [-0.3, -0.25) is 14.4 Å². The summed E-state index contributed by atoms with van der Waals surface area (Å²) < 4.78 is 25.8. The Bertz CT molecular complexity index is 2270. The number of aryl methyl sites for hydroxylation is 1. The first-order valence-electron chi connectivity index (χ1n) is 16.1. The Morgan fingerprint density at radius 1 is 1.08 bits per heavy atom. The number of imidazole rings is 1. The molecular formula is C36H36FN7O8. The van der Waals surface area contributed by atoms with Crippen molar-refractivity contribution in [3.63, 3.8) is 0 Å². The lowest BCUT2D eigenvalue weighted by molar-refractivity contribution is -0.150. The van der Waals surface area contributed by atoms with Crippen LogP contribution < -0.4 is 21.0 Å². The quantitative estimate of drug-likeness (QED) is 0.0738. The highest BCUT2D eigenvalue weighted by molar-refractivity contribution is 6.09. The number of ketones is 1. The Hall–Kier alpha value is -6.29. The first-order valence-corrected chi connectivity index (χ1v) is 16.1. The van der Waals surface area contributed by atoms with Gasteiger partial charge in [0.1, 0.15) is 16.5 Å². The van der Waals surface area contributed by atoms with Crippen LogP contribution >= 0.6 is 0 Å². The summed E-state index contributed by atoms with van der Waals surface area (Å²) in [6.45, 7) is 4.77. The fraction of sp³-hybridized carbons (Fsp3) is 0.278. The van der Waals surface area contributed by atoms with Crippen LogP contribution in [-0.4, -0.2) is 76.3 Å². The number of aromatic nitrogens is 7. The summed E-state index contributed by atoms with van der Waals surface area (Å²) in [7, 11) is 0. The third-order valence-corrected chi connectivity index (χ3v) is 7.74. The van der Waals surface area contributed by atoms with Gasteiger partial charge >= 0.3 is 11.9 Å². The molecule has 3 heterocycles. The third kappa shape index (κ3) is 9.28. The molecular weight excluding hydrogens is 677 g/mol. The molecule has 15 nitrogen and oxygen atoms in total. The molecule has 0 aliphatic rings. The maximum atomic E-state index is 13.8. The molecule has 5 aromatic rings. The SMILES string of the molecule is CC(C)(C)c1[nH]cnc1/C=c1\[nH]c(=O)/c(=C/c2cccc(C(=O)c3cccc(F)c3)c2)nc1OCOC(=O)CCCc1cn([C@@H](CO)C(=O)O)nn1. The monoisotopic (exact) mass is 713 g/mol. The van der Waals surface area contributed by atoms with E-state index >= 15 is 0 Å². The average Bonchev–Trinajstić information content (AvgIpc) is 3.77. The lowest BCUT2D eigenvalue weighted by atomic mass is 9.90. The van der Waals surface area contributed by atoms with Gasteiger partial charge in [-0.05, 0) is 48.8 Å². The molecule has 0 bridgehead atoms. The Balaban J connectivity index is 1.35. The van der Waals surface area contributed by atoms with E-state index in [0.717, 1.165) is 16.4 Å². The van der Waals surface area contributed by atoms with Crippen molar-refractivity contribution in [1.29, 1.82) is 0 Å². The number of ether oxygens (including phenoxy) is 2. The van der Waals surface area contributed by atoms with Crippen molar-refractivity contribution in [2.75, 3.05) is 13.4 Å². The number of aliphatic hydroxyl groups is 1. The van der Waals surface area contributed by atoms with Crippen molar-refractivity contribution >= 4 is 29.9 Å². The molecule has 270 valence electrons. The Morgan fingerprint density at radius 2 is 1.83 bits per heavy atom. The highest BCUT2D eigenvalue weighted by atomic mass is 19.1. The van der Waals surface area contributed by atoms with Crippen LogP contribution in [0.5, 0.6) is 5.88 Å². The number of hydrogen-bond donors (Lipinski definition) is 4. The normalized spacial score (nSPS) is 12.9. The van der Waals surface area contributed by atoms with E-state index in [9.17, 15) is 28.7 Å². The van der Waals surface area contributed by atoms with Crippen LogP contribution in [0, 0.1) is 5.82 Å². The number of carboxylic acids is 1. The maximum Gasteiger partial charge on any atom is 0.330 e. The first-order chi connectivity index (χ1) is 24.8. The zero-order chi connectivity index (χ0) is 37.4. The Morgan fingerprint density at radius 3 is 2.54 bits per heavy atom. The van der Waals surface area contributed by atoms with E-state index in [1.807, 2.05) is 20.8 Å². The summed E-state index contributed by atoms with van der Waals surface area (Å²) >= 11 is 0. The van der Waals surface area contributed by atoms with E-state index in [0.29, 0.717) is 29.8 Å². The average molecular weight is 714 g/mol. The smallest absolute Gasteiger partial charge is 0.330 e. The Labute approximate surface area is 295 Å². The molecule has 0 saturated heterocycles. The summed E-state index contributed by atoms with van der Waals surface area (Å²) in [6.07, 6.45) is 6.53. The van der Waals surface area contributed by atoms with Crippen LogP contribution in [0.2, 0.25) is 0 Å². The number of nitrogens with one attached hydrogen (secondary N) is 2. The maximum absolute atomic E-state index is 13.8. The lowest BCUT2D eigenvalue weighted by Crippen LogP contribution is -2.38. The van der Waals surface area contributed by atoms with Gasteiger partial charge in [-0.2, -0.15) is 0 Å². The number of H-pyrrole nitrogens is 2. The summed E-state index contributed by atoms with van der Waals surface area (Å²) in [5.41, 5.74) is 1.76. The number of aliphatic hydroxyl groups excluding tert-OH is 1. The molecule has 0 radical (unpaired) electrons. The molecule has 0 amide bonds. The first kappa shape index (κ1) is 37.0. The van der Waals surface area contributed by atoms with Gasteiger partial charge in [-0.25, -0.2) is 23.8 Å². The van der Waals surface area contributed by atoms with Gasteiger partial charge in [0.25, 0.3) is 5.56 Å². The Kier molecular flexibility index (Phi) is 11.5. The number of nitrogens with zero attached hydrogens (tertiary/aromatic N) is 5. The summed E-state index contributed by atoms with van der Waals surface area (Å²) in [4.78, 5) is 64.7. The number of carboxylic acid groups (broad SMARTS) is 1. The number of carbonyl (C=O) groups is 3. The zero-order valence-electron chi connectivity index (χ0n) is 28.5. The van der Waals surface area contributed by atoms with E-state index in [1.54, 1.807) is 30.3 Å². The second-order valence-corrected chi connectivity index (χ2v) is 12.7. The zero-order valence-corrected chi connectivity index (χ0v) is 28.5. The highest BCUT2D eigenvalue weighted by Crippen LogP contribution is 2.23. The molecule has 16 heteroatoms. The molecule has 0 saturated carbocycles. The number of aromatic amines is 2. The van der Waals surface area contributed by atoms with Crippen LogP contribution in [0.4, 0.5) is 4.39 Å². The second-order valence-electron chi connectivity index (χ2n) is 12.7. The standard InChI is InChI=1S/C36H36FN7O8/c1-36(2,3)32-26(38-19-39-32)16-28-34(52-20-51-30(46)12-6-11-25-17-44(43-42-25)29(18-45)35(49)50)41-27(33(48)40-28)14-21-7-4-8-22(13-21)31(47)23-9-5-10-24(37)15-23/h4-5,7-10,13-17,19,29,45H,6,11-12,18,20H2,1-3H3,(H,38,39)(H,40,48)(H,49,50)/b27-14-,28-16-/t29-/m0/s1. The number of aliphatic carboxylic acids is 1. The van der Waals surface area contributed by atoms with Crippen molar-refractivity contribution in [2.45, 2.75) is 51.5 Å². The molecule has 5 rings (SSSR count). The number of esters is 1. The van der Waals surface area contributed by atoms with Gasteiger partial charge in [-0.15, -0.1) is 5.10 Å². The molecule has 1 atom stereocenters. The number of rotatable bonds is 14. The van der Waals surface area contributed by atoms with Gasteiger partial charge < -0.3 is 29.7 Å². The number of carbonyl (C=O) groups excluding carboxylic acids is 2. The largest absolute Gasteiger partial charge is 0.480 e. The van der Waals surface area contributed by atoms with E-state index in [-0.39, 0.29) is 39.5 Å². The van der Waals surface area contributed by atoms with Crippen LogP contribution in [0.3, 0.4) is 0 Å². The molecule has 0 unspecified atom stereocenters. The van der Waals surface area contributed by atoms with E-state index in [4.69, 9.17) is 14.6 Å². The topological polar surface area (TPSA) is 215 Å². The van der Waals surface area contributed by atoms with Crippen molar-refractivity contribution in [3.8, 4) is 5.88 Å². The van der Waals surface area contributed by atoms with Crippen molar-refractivity contribution in [3.05, 3.63) is 122 Å². The van der Waals surface area contributed by atoms with Crippen molar-refractivity contribution in [2.24, 2.45) is 0 Å². The number of benzene rings is 2. The molecule has 52 heavy (non-hydrogen) atoms. The molecule has 0 fully saturated rings. The predicted molar refractivity (Wildman–Crippen MR) is 183 cm³/mol. The fourth-order valence-corrected chi connectivity index (χ4v) is 5.13. The highest BCUT2D eigenvalue weighted by Gasteiger charge is 2.21. The molecule has 4 N–H and O–H groups in total. The summed E-state index contributed by atoms with van der Waals surface area (Å²) in [5.74, 6) is -2.87. The second kappa shape index (κ2) is 16.2. The lowest BCUT2D eigenvalue weighted by Gasteiger charge is -2.17. The molecule has 0 aliphatic heterocycles. The predicted octanol–water partition coefficient (Wildman–Crippen LogP) is 1.93. The fourth-order valence-electron chi connectivity index (χ4n) is 5.13. The summed E-state index contributed by atoms with van der Waals surface area (Å²) in [5, 5.41) is 26.2. The van der Waals surface area contributed by atoms with Gasteiger partial charge in [0.05, 0.1) is 24.3 Å². The number of hydrogen-bond acceptors (Lipinski definition) is 11. The molecule has 0 aliphatic carbocycles. The van der Waals surface area contributed by atoms with Crippen LogP contribution in [0.25, 0.3) is 12.2 Å². The minimum absolute atomic E-state index is 0.0253. The van der Waals surface area contributed by atoms with Crippen molar-refractivity contribution < 1.29 is 38.5 Å². The third-order valence-electron chi connectivity index (χ3n) is 7.74. The number of halogens is 1. The van der Waals surface area contributed by atoms with Gasteiger partial charge in [0, 0.05) is 34.9 Å². The van der Waals surface area contributed by atoms with Crippen molar-refractivity contribution in [1.82, 2.24) is 34.9 Å². The molecule has 2 aromatic carbocycles. The molecule has 0 spiro atoms. The van der Waals surface area contributed by atoms with Gasteiger partial charge in [-0.1, -0.05) is 56.3 Å². The van der Waals surface area contributed by atoms with E-state index < -0.39 is 48.5 Å². The summed E-state index contributed by atoms with van der Waals surface area (Å²) in [6, 6.07) is 10.5. The van der Waals surface area contributed by atoms with Crippen LogP contribution in [0.1, 0.15) is 78.2 Å². The van der Waals surface area contributed by atoms with Gasteiger partial charge in [0.15, 0.2) is 11.8 Å². The van der Waals surface area contributed by atoms with E-state index in [2.05, 4.69) is 30.2 Å². The van der Waals surface area contributed by atoms with E-state index in [1.165, 1.54) is 36.8 Å². The minimum atomic E-state index is -1.26.